The molecule has 4 rings (SSSR count). The van der Waals surface area contributed by atoms with E-state index >= 15 is 0 Å². The summed E-state index contributed by atoms with van der Waals surface area (Å²) in [5.41, 5.74) is 7.46. The first-order valence-electron chi connectivity index (χ1n) is 8.19. The minimum absolute atomic E-state index is 0.170. The van der Waals surface area contributed by atoms with E-state index in [0.717, 1.165) is 6.20 Å². The highest BCUT2D eigenvalue weighted by molar-refractivity contribution is 5.82. The van der Waals surface area contributed by atoms with Gasteiger partial charge in [0.1, 0.15) is 23.4 Å². The van der Waals surface area contributed by atoms with Gasteiger partial charge in [0.2, 0.25) is 0 Å². The van der Waals surface area contributed by atoms with Crippen LogP contribution in [0.3, 0.4) is 0 Å². The number of benzene rings is 1. The molecule has 8 heteroatoms. The van der Waals surface area contributed by atoms with Crippen molar-refractivity contribution in [3.8, 4) is 11.4 Å². The van der Waals surface area contributed by atoms with Crippen LogP contribution >= 0.6 is 0 Å². The molecular formula is C19H15F2N5O. The van der Waals surface area contributed by atoms with E-state index in [2.05, 4.69) is 15.1 Å². The van der Waals surface area contributed by atoms with Crippen LogP contribution in [0.5, 0.6) is 5.75 Å². The van der Waals surface area contributed by atoms with Crippen molar-refractivity contribution in [1.82, 2.24) is 19.7 Å². The van der Waals surface area contributed by atoms with Gasteiger partial charge in [-0.25, -0.2) is 18.4 Å². The van der Waals surface area contributed by atoms with Crippen LogP contribution in [0.4, 0.5) is 14.6 Å². The lowest BCUT2D eigenvalue weighted by atomic mass is 10.2. The maximum Gasteiger partial charge on any atom is 0.166 e. The molecule has 3 heterocycles. The number of nitrogens with zero attached hydrogens (tertiary/aromatic N) is 4. The molecule has 0 amide bonds. The minimum atomic E-state index is -0.583. The summed E-state index contributed by atoms with van der Waals surface area (Å²) in [5, 5.41) is 4.68. The van der Waals surface area contributed by atoms with Gasteiger partial charge in [-0.1, -0.05) is 0 Å². The third-order valence-electron chi connectivity index (χ3n) is 4.07. The summed E-state index contributed by atoms with van der Waals surface area (Å²) in [6.45, 7) is 1.75. The van der Waals surface area contributed by atoms with Gasteiger partial charge in [-0.3, -0.25) is 4.98 Å². The molecule has 0 unspecified atom stereocenters. The Morgan fingerprint density at radius 2 is 2.00 bits per heavy atom. The van der Waals surface area contributed by atoms with Crippen LogP contribution in [0.15, 0.2) is 55.0 Å². The lowest BCUT2D eigenvalue weighted by Gasteiger charge is -2.18. The molecule has 0 fully saturated rings. The molecule has 6 nitrogen and oxygen atoms in total. The number of ether oxygens (including phenoxy) is 1. The smallest absolute Gasteiger partial charge is 0.166 e. The third-order valence-corrected chi connectivity index (χ3v) is 4.07. The van der Waals surface area contributed by atoms with Crippen LogP contribution in [-0.4, -0.2) is 19.7 Å². The Kier molecular flexibility index (Phi) is 4.15. The van der Waals surface area contributed by atoms with Gasteiger partial charge in [0.05, 0.1) is 17.4 Å². The average molecular weight is 367 g/mol. The molecule has 27 heavy (non-hydrogen) atoms. The predicted molar refractivity (Wildman–Crippen MR) is 96.5 cm³/mol. The lowest BCUT2D eigenvalue weighted by Crippen LogP contribution is -2.12. The highest BCUT2D eigenvalue weighted by Gasteiger charge is 2.18. The Bertz CT molecular complexity index is 1110. The van der Waals surface area contributed by atoms with Crippen molar-refractivity contribution < 1.29 is 13.5 Å². The Labute approximate surface area is 153 Å². The molecule has 0 bridgehead atoms. The second-order valence-electron chi connectivity index (χ2n) is 5.98. The Morgan fingerprint density at radius 3 is 2.78 bits per heavy atom. The van der Waals surface area contributed by atoms with E-state index in [1.165, 1.54) is 22.9 Å². The molecule has 0 aliphatic carbocycles. The first-order chi connectivity index (χ1) is 13.0. The SMILES string of the molecule is C[C@H](Oc1cc2cc(F)ccc2nc1N)c1ncc(F)cc1-n1cccn1. The van der Waals surface area contributed by atoms with Gasteiger partial charge in [-0.15, -0.1) is 0 Å². The summed E-state index contributed by atoms with van der Waals surface area (Å²) < 4.78 is 34.6. The van der Waals surface area contributed by atoms with Crippen LogP contribution in [0.25, 0.3) is 16.6 Å². The number of hydrogen-bond acceptors (Lipinski definition) is 5. The second kappa shape index (κ2) is 6.64. The highest BCUT2D eigenvalue weighted by Crippen LogP contribution is 2.31. The molecule has 0 saturated heterocycles. The molecule has 0 spiro atoms. The van der Waals surface area contributed by atoms with E-state index in [4.69, 9.17) is 10.5 Å². The van der Waals surface area contributed by atoms with Gasteiger partial charge < -0.3 is 10.5 Å². The van der Waals surface area contributed by atoms with Gasteiger partial charge in [0, 0.05) is 23.8 Å². The molecule has 4 aromatic rings. The standard InChI is InChI=1S/C19H15F2N5O/c1-11(18-16(9-14(21)10-23-18)26-6-2-5-24-26)27-17-8-12-7-13(20)3-4-15(12)25-19(17)22/h2-11H,1H3,(H2,22,25)/t11-/m0/s1. The number of halogens is 2. The third kappa shape index (κ3) is 3.29. The molecule has 136 valence electrons. The molecular weight excluding hydrogens is 352 g/mol. The second-order valence-corrected chi connectivity index (χ2v) is 5.98. The predicted octanol–water partition coefficient (Wildman–Crippen LogP) is 3.82. The van der Waals surface area contributed by atoms with Gasteiger partial charge in [0.25, 0.3) is 0 Å². The van der Waals surface area contributed by atoms with Crippen LogP contribution < -0.4 is 10.5 Å². The zero-order valence-electron chi connectivity index (χ0n) is 14.3. The van der Waals surface area contributed by atoms with Crippen LogP contribution in [0.2, 0.25) is 0 Å². The molecule has 0 aliphatic rings. The number of rotatable bonds is 4. The molecule has 0 aliphatic heterocycles. The Hall–Kier alpha value is -3.55. The van der Waals surface area contributed by atoms with E-state index in [9.17, 15) is 8.78 Å². The van der Waals surface area contributed by atoms with E-state index in [1.54, 1.807) is 37.5 Å². The van der Waals surface area contributed by atoms with Crippen LogP contribution in [0.1, 0.15) is 18.7 Å². The molecule has 3 aromatic heterocycles. The first kappa shape index (κ1) is 16.9. The Balaban J connectivity index is 1.72. The number of anilines is 1. The van der Waals surface area contributed by atoms with E-state index in [-0.39, 0.29) is 17.4 Å². The number of fused-ring (bicyclic) bond motifs is 1. The van der Waals surface area contributed by atoms with Crippen LogP contribution in [-0.2, 0) is 0 Å². The largest absolute Gasteiger partial charge is 0.480 e. The topological polar surface area (TPSA) is 78.9 Å². The summed E-state index contributed by atoms with van der Waals surface area (Å²) >= 11 is 0. The first-order valence-corrected chi connectivity index (χ1v) is 8.19. The highest BCUT2D eigenvalue weighted by atomic mass is 19.1. The van der Waals surface area contributed by atoms with Crippen LogP contribution in [0, 0.1) is 11.6 Å². The van der Waals surface area contributed by atoms with Gasteiger partial charge in [0.15, 0.2) is 11.6 Å². The van der Waals surface area contributed by atoms with E-state index < -0.39 is 11.9 Å². The van der Waals surface area contributed by atoms with Crippen molar-refractivity contribution in [3.63, 3.8) is 0 Å². The van der Waals surface area contributed by atoms with Crippen molar-refractivity contribution in [3.05, 3.63) is 72.3 Å². The minimum Gasteiger partial charge on any atom is -0.480 e. The molecule has 0 radical (unpaired) electrons. The maximum atomic E-state index is 13.7. The fourth-order valence-electron chi connectivity index (χ4n) is 2.83. The van der Waals surface area contributed by atoms with Crippen molar-refractivity contribution >= 4 is 16.7 Å². The fourth-order valence-corrected chi connectivity index (χ4v) is 2.83. The molecule has 1 atom stereocenters. The van der Waals surface area contributed by atoms with Crippen molar-refractivity contribution in [1.29, 1.82) is 0 Å². The summed E-state index contributed by atoms with van der Waals surface area (Å²) in [6.07, 6.45) is 3.79. The monoisotopic (exact) mass is 367 g/mol. The summed E-state index contributed by atoms with van der Waals surface area (Å²) in [5.74, 6) is -0.408. The zero-order chi connectivity index (χ0) is 19.0. The molecule has 1 aromatic carbocycles. The van der Waals surface area contributed by atoms with Gasteiger partial charge >= 0.3 is 0 Å². The number of nitrogens with two attached hydrogens (primary N) is 1. The number of pyridine rings is 2. The van der Waals surface area contributed by atoms with Gasteiger partial charge in [-0.2, -0.15) is 5.10 Å². The van der Waals surface area contributed by atoms with Gasteiger partial charge in [-0.05, 0) is 37.3 Å². The maximum absolute atomic E-state index is 13.7. The number of hydrogen-bond donors (Lipinski definition) is 1. The molecule has 0 saturated carbocycles. The normalized spacial score (nSPS) is 12.3. The van der Waals surface area contributed by atoms with E-state index in [1.807, 2.05) is 0 Å². The van der Waals surface area contributed by atoms with Crippen molar-refractivity contribution in [2.75, 3.05) is 5.73 Å². The quantitative estimate of drug-likeness (QED) is 0.593. The summed E-state index contributed by atoms with van der Waals surface area (Å²) in [6, 6.07) is 8.88. The number of nitrogen functional groups attached to an aromatic ring is 1. The molecule has 2 N–H and O–H groups in total. The fraction of sp³-hybridized carbons (Fsp3) is 0.105. The average Bonchev–Trinajstić information content (AvgIpc) is 3.17. The Morgan fingerprint density at radius 1 is 1.15 bits per heavy atom. The zero-order valence-corrected chi connectivity index (χ0v) is 14.3. The van der Waals surface area contributed by atoms with Crippen molar-refractivity contribution in [2.24, 2.45) is 0 Å². The summed E-state index contributed by atoms with van der Waals surface area (Å²) in [4.78, 5) is 8.39. The summed E-state index contributed by atoms with van der Waals surface area (Å²) in [7, 11) is 0. The van der Waals surface area contributed by atoms with Crippen molar-refractivity contribution in [2.45, 2.75) is 13.0 Å². The number of aromatic nitrogens is 4. The van der Waals surface area contributed by atoms with E-state index in [0.29, 0.717) is 22.3 Å². The lowest BCUT2D eigenvalue weighted by molar-refractivity contribution is 0.222.